The van der Waals surface area contributed by atoms with E-state index in [4.69, 9.17) is 23.2 Å². The Kier molecular flexibility index (Phi) is 7.00. The van der Waals surface area contributed by atoms with Gasteiger partial charge in [0.15, 0.2) is 0 Å². The van der Waals surface area contributed by atoms with Crippen LogP contribution in [0, 0.1) is 5.41 Å². The first kappa shape index (κ1) is 26.1. The molecule has 0 spiro atoms. The Bertz CT molecular complexity index is 985. The van der Waals surface area contributed by atoms with Crippen LogP contribution in [0.15, 0.2) is 52.1 Å². The Labute approximate surface area is 209 Å². The van der Waals surface area contributed by atoms with Gasteiger partial charge in [-0.2, -0.15) is 0 Å². The fourth-order valence-electron chi connectivity index (χ4n) is 6.47. The van der Waals surface area contributed by atoms with Crippen LogP contribution in [0.4, 0.5) is 0 Å². The number of hydrogen-bond donors (Lipinski definition) is 0. The molecule has 4 heteroatoms. The first-order valence-corrected chi connectivity index (χ1v) is 18.7. The van der Waals surface area contributed by atoms with Crippen LogP contribution < -0.4 is 0 Å². The van der Waals surface area contributed by atoms with E-state index in [1.807, 2.05) is 0 Å². The molecule has 32 heavy (non-hydrogen) atoms. The summed E-state index contributed by atoms with van der Waals surface area (Å²) >= 11 is 16.1. The lowest BCUT2D eigenvalue weighted by atomic mass is 10.0. The molecule has 0 radical (unpaired) electrons. The average Bonchev–Trinajstić information content (AvgIpc) is 3.08. The van der Waals surface area contributed by atoms with Gasteiger partial charge in [-0.25, -0.2) is 0 Å². The van der Waals surface area contributed by atoms with Gasteiger partial charge >= 0.3 is 0 Å². The normalized spacial score (nSPS) is 24.8. The van der Waals surface area contributed by atoms with Crippen LogP contribution >= 0.6 is 23.2 Å². The van der Waals surface area contributed by atoms with E-state index in [-0.39, 0.29) is 5.41 Å². The molecule has 0 aromatic heterocycles. The highest BCUT2D eigenvalue weighted by molar-refractivity contribution is 6.97. The highest BCUT2D eigenvalue weighted by Crippen LogP contribution is 2.64. The summed E-state index contributed by atoms with van der Waals surface area (Å²) in [5, 5.41) is 0. The number of fused-ring (bicyclic) bond motifs is 1. The van der Waals surface area contributed by atoms with Gasteiger partial charge in [-0.3, -0.25) is 0 Å². The van der Waals surface area contributed by atoms with Gasteiger partial charge in [0.1, 0.15) is 8.07 Å². The number of halogens is 2. The molecule has 2 atom stereocenters. The van der Waals surface area contributed by atoms with Gasteiger partial charge in [-0.15, -0.1) is 23.2 Å². The van der Waals surface area contributed by atoms with Gasteiger partial charge in [0.05, 0.1) is 8.99 Å². The zero-order valence-corrected chi connectivity index (χ0v) is 25.5. The first-order chi connectivity index (χ1) is 14.6. The fraction of sp³-hybridized carbons (Fsp3) is 0.571. The number of alkyl halides is 2. The molecule has 0 aliphatic heterocycles. The van der Waals surface area contributed by atoms with Crippen molar-refractivity contribution in [1.29, 1.82) is 0 Å². The third-order valence-corrected chi connectivity index (χ3v) is 19.3. The zero-order chi connectivity index (χ0) is 24.3. The van der Waals surface area contributed by atoms with Crippen molar-refractivity contribution < 1.29 is 0 Å². The van der Waals surface area contributed by atoms with Crippen LogP contribution in [0.5, 0.6) is 0 Å². The summed E-state index contributed by atoms with van der Waals surface area (Å²) in [6.45, 7) is 23.5. The molecule has 1 aromatic rings. The van der Waals surface area contributed by atoms with Crippen LogP contribution in [-0.4, -0.2) is 21.4 Å². The summed E-state index contributed by atoms with van der Waals surface area (Å²) in [5.74, 6) is 0. The highest BCUT2D eigenvalue weighted by Gasteiger charge is 2.67. The molecule has 2 aliphatic carbocycles. The Morgan fingerprint density at radius 3 is 1.94 bits per heavy atom. The topological polar surface area (TPSA) is 0 Å². The minimum absolute atomic E-state index is 0.130. The molecule has 2 aliphatic rings. The molecule has 0 amide bonds. The number of benzene rings is 1. The van der Waals surface area contributed by atoms with Crippen LogP contribution in [0.2, 0.25) is 31.7 Å². The molecule has 0 N–H and O–H groups in total. The standard InChI is InChI=1S/C28H42Cl2Si2/c1-19-20(2)22(4)27(29,21(19)3)32(10,18-26(5,6)7)28(30)24(15-16-31(8)9)17-23-13-11-12-14-25(23)28/h11-14,17,31H,15-16,18H2,1-10H3. The van der Waals surface area contributed by atoms with Crippen molar-refractivity contribution in [3.05, 3.63) is 63.3 Å². The third-order valence-electron chi connectivity index (χ3n) is 8.22. The summed E-state index contributed by atoms with van der Waals surface area (Å²) in [5.41, 5.74) is 9.51. The number of hydrogen-bond acceptors (Lipinski definition) is 0. The summed E-state index contributed by atoms with van der Waals surface area (Å²) in [6, 6.07) is 11.2. The van der Waals surface area contributed by atoms with E-state index in [9.17, 15) is 0 Å². The van der Waals surface area contributed by atoms with Crippen molar-refractivity contribution in [1.82, 2.24) is 0 Å². The molecule has 3 rings (SSSR count). The summed E-state index contributed by atoms with van der Waals surface area (Å²) in [7, 11) is -3.20. The van der Waals surface area contributed by atoms with E-state index in [0.29, 0.717) is 0 Å². The molecule has 0 heterocycles. The van der Waals surface area contributed by atoms with Crippen LogP contribution in [0.25, 0.3) is 6.08 Å². The second-order valence-electron chi connectivity index (χ2n) is 12.1. The lowest BCUT2D eigenvalue weighted by Gasteiger charge is -2.55. The molecular weight excluding hydrogens is 463 g/mol. The molecule has 0 saturated carbocycles. The van der Waals surface area contributed by atoms with E-state index in [1.165, 1.54) is 45.0 Å². The van der Waals surface area contributed by atoms with Crippen molar-refractivity contribution in [2.75, 3.05) is 0 Å². The van der Waals surface area contributed by atoms with E-state index in [0.717, 1.165) is 12.5 Å². The van der Waals surface area contributed by atoms with Crippen molar-refractivity contribution in [2.45, 2.75) is 95.6 Å². The maximum Gasteiger partial charge on any atom is 0.120 e. The SMILES string of the molecule is CC1=C(C)C(Cl)([Si](C)(CC(C)(C)C)C2(Cl)C(CC[SiH](C)C)=Cc3ccccc32)C(C)=C1C. The van der Waals surface area contributed by atoms with E-state index in [1.54, 1.807) is 0 Å². The quantitative estimate of drug-likeness (QED) is 0.267. The van der Waals surface area contributed by atoms with E-state index < -0.39 is 25.9 Å². The van der Waals surface area contributed by atoms with Gasteiger partial charge < -0.3 is 0 Å². The predicted molar refractivity (Wildman–Crippen MR) is 151 cm³/mol. The van der Waals surface area contributed by atoms with Crippen molar-refractivity contribution >= 4 is 46.1 Å². The molecule has 0 fully saturated rings. The van der Waals surface area contributed by atoms with E-state index in [2.05, 4.69) is 98.4 Å². The van der Waals surface area contributed by atoms with Gasteiger partial charge in [-0.05, 0) is 84.6 Å². The number of rotatable bonds is 6. The lowest BCUT2D eigenvalue weighted by Crippen LogP contribution is -2.66. The van der Waals surface area contributed by atoms with Gasteiger partial charge in [-0.1, -0.05) is 76.8 Å². The molecular formula is C28H42Cl2Si2. The van der Waals surface area contributed by atoms with Crippen molar-refractivity contribution in [3.8, 4) is 0 Å². The third kappa shape index (κ3) is 3.78. The van der Waals surface area contributed by atoms with Crippen molar-refractivity contribution in [2.24, 2.45) is 5.41 Å². The maximum atomic E-state index is 8.14. The Hall–Kier alpha value is -0.546. The van der Waals surface area contributed by atoms with Gasteiger partial charge in [0.25, 0.3) is 0 Å². The average molecular weight is 506 g/mol. The maximum absolute atomic E-state index is 8.14. The number of allylic oxidation sites excluding steroid dienone is 5. The highest BCUT2D eigenvalue weighted by atomic mass is 35.5. The second kappa shape index (κ2) is 8.59. The van der Waals surface area contributed by atoms with Crippen LogP contribution in [0.1, 0.15) is 66.0 Å². The van der Waals surface area contributed by atoms with Crippen LogP contribution in [-0.2, 0) is 4.50 Å². The molecule has 0 nitrogen and oxygen atoms in total. The fourth-order valence-corrected chi connectivity index (χ4v) is 16.2. The Morgan fingerprint density at radius 1 is 0.906 bits per heavy atom. The minimum atomic E-state index is -2.50. The largest absolute Gasteiger partial charge is 0.120 e. The van der Waals surface area contributed by atoms with E-state index >= 15 is 0 Å². The monoisotopic (exact) mass is 504 g/mol. The minimum Gasteiger partial charge on any atom is -0.113 e. The molecule has 0 bridgehead atoms. The molecule has 2 unspecified atom stereocenters. The predicted octanol–water partition coefficient (Wildman–Crippen LogP) is 9.26. The zero-order valence-electron chi connectivity index (χ0n) is 21.8. The van der Waals surface area contributed by atoms with Crippen LogP contribution in [0.3, 0.4) is 0 Å². The smallest absolute Gasteiger partial charge is 0.113 e. The molecule has 0 saturated heterocycles. The van der Waals surface area contributed by atoms with Gasteiger partial charge in [0.2, 0.25) is 0 Å². The van der Waals surface area contributed by atoms with Crippen molar-refractivity contribution in [3.63, 3.8) is 0 Å². The Morgan fingerprint density at radius 2 is 1.44 bits per heavy atom. The molecule has 1 aromatic carbocycles. The lowest BCUT2D eigenvalue weighted by molar-refractivity contribution is 0.453. The summed E-state index contributed by atoms with van der Waals surface area (Å²) in [6.07, 6.45) is 3.51. The second-order valence-corrected chi connectivity index (χ2v) is 21.7. The summed E-state index contributed by atoms with van der Waals surface area (Å²) in [4.78, 5) is 0. The summed E-state index contributed by atoms with van der Waals surface area (Å²) < 4.78 is -0.989. The Balaban J connectivity index is 2.35. The first-order valence-electron chi connectivity index (χ1n) is 12.2. The molecule has 176 valence electrons. The van der Waals surface area contributed by atoms with Gasteiger partial charge in [0, 0.05) is 8.80 Å².